The number of nitrogens with two attached hydrogens (primary N) is 1. The van der Waals surface area contributed by atoms with Crippen LogP contribution < -0.4 is 21.1 Å². The maximum absolute atomic E-state index is 14.7. The van der Waals surface area contributed by atoms with E-state index in [2.05, 4.69) is 29.5 Å². The monoisotopic (exact) mass is 598 g/mol. The van der Waals surface area contributed by atoms with Crippen molar-refractivity contribution in [3.8, 4) is 5.75 Å². The SMILES string of the molecule is COC(=O)N[C@H](C(=O)N1CC2CC[C@@H](C)[C@@H](C)[C@@H]2[C@H]1C(=O)N1C[C@@]2(C[C@H]1C(N)=O)Oc1cccnc1NC2=O)C(C)(C)C. The number of amides is 5. The molecule has 13 nitrogen and oxygen atoms in total. The topological polar surface area (TPSA) is 173 Å². The number of rotatable bonds is 4. The highest BCUT2D eigenvalue weighted by Crippen LogP contribution is 2.48. The number of ether oxygens (including phenoxy) is 2. The fourth-order valence-corrected chi connectivity index (χ4v) is 7.40. The van der Waals surface area contributed by atoms with Gasteiger partial charge in [0.25, 0.3) is 5.91 Å². The van der Waals surface area contributed by atoms with E-state index < -0.39 is 58.9 Å². The van der Waals surface area contributed by atoms with Gasteiger partial charge in [0.1, 0.15) is 18.1 Å². The third-order valence-corrected chi connectivity index (χ3v) is 9.93. The molecule has 4 aliphatic rings. The van der Waals surface area contributed by atoms with Crippen LogP contribution in [0.1, 0.15) is 53.9 Å². The lowest BCUT2D eigenvalue weighted by molar-refractivity contribution is -0.150. The van der Waals surface area contributed by atoms with Gasteiger partial charge in [-0.2, -0.15) is 0 Å². The quantitative estimate of drug-likeness (QED) is 0.468. The molecule has 0 bridgehead atoms. The minimum Gasteiger partial charge on any atom is -0.472 e. The fraction of sp³-hybridized carbons (Fsp3) is 0.667. The van der Waals surface area contributed by atoms with Crippen LogP contribution in [0.25, 0.3) is 0 Å². The number of anilines is 1. The second-order valence-electron chi connectivity index (χ2n) is 13.6. The molecular formula is C30H42N6O7. The smallest absolute Gasteiger partial charge is 0.407 e. The van der Waals surface area contributed by atoms with Gasteiger partial charge < -0.3 is 35.6 Å². The van der Waals surface area contributed by atoms with Crippen LogP contribution in [-0.2, 0) is 23.9 Å². The molecule has 3 fully saturated rings. The van der Waals surface area contributed by atoms with Crippen molar-refractivity contribution >= 4 is 35.5 Å². The summed E-state index contributed by atoms with van der Waals surface area (Å²) in [4.78, 5) is 74.5. The lowest BCUT2D eigenvalue weighted by atomic mass is 9.67. The van der Waals surface area contributed by atoms with Gasteiger partial charge in [-0.05, 0) is 47.6 Å². The van der Waals surface area contributed by atoms with Crippen LogP contribution >= 0.6 is 0 Å². The van der Waals surface area contributed by atoms with Gasteiger partial charge in [0.2, 0.25) is 23.3 Å². The standard InChI is InChI=1S/C30H42N6O7/c1-15-9-10-17-13-35(26(39)22(29(3,4)5)33-28(41)42-6)21(20(17)16(15)2)25(38)36-14-30(12-18(36)23(31)37)27(40)34-24-19(43-30)8-7-11-32-24/h7-8,11,15-18,20-22H,9-10,12-14H2,1-6H3,(H2,31,37)(H,33,41)(H,32,34,40)/t15-,16-,17?,18+,20+,21+,22-,30-/m1/s1. The molecule has 3 aliphatic heterocycles. The summed E-state index contributed by atoms with van der Waals surface area (Å²) in [5, 5.41) is 5.41. The van der Waals surface area contributed by atoms with Gasteiger partial charge in [0, 0.05) is 19.2 Å². The fourth-order valence-electron chi connectivity index (χ4n) is 7.40. The number of methoxy groups -OCH3 is 1. The lowest BCUT2D eigenvalue weighted by Gasteiger charge is -2.41. The highest BCUT2D eigenvalue weighted by atomic mass is 16.5. The Bertz CT molecular complexity index is 1330. The summed E-state index contributed by atoms with van der Waals surface area (Å²) < 4.78 is 11.0. The molecule has 1 saturated carbocycles. The maximum atomic E-state index is 14.7. The van der Waals surface area contributed by atoms with E-state index in [1.54, 1.807) is 17.0 Å². The molecule has 2 saturated heterocycles. The molecule has 1 unspecified atom stereocenters. The van der Waals surface area contributed by atoms with Crippen molar-refractivity contribution in [2.45, 2.75) is 77.6 Å². The Morgan fingerprint density at radius 1 is 1.21 bits per heavy atom. The average molecular weight is 599 g/mol. The van der Waals surface area contributed by atoms with Crippen LogP contribution in [0.5, 0.6) is 5.75 Å². The Labute approximate surface area is 251 Å². The van der Waals surface area contributed by atoms with Crippen molar-refractivity contribution in [1.82, 2.24) is 20.1 Å². The molecule has 4 N–H and O–H groups in total. The molecule has 43 heavy (non-hydrogen) atoms. The third-order valence-electron chi connectivity index (χ3n) is 9.93. The van der Waals surface area contributed by atoms with Crippen LogP contribution in [-0.4, -0.2) is 88.4 Å². The Morgan fingerprint density at radius 2 is 1.93 bits per heavy atom. The molecule has 1 aromatic heterocycles. The molecule has 1 aliphatic carbocycles. The van der Waals surface area contributed by atoms with Crippen LogP contribution in [0.3, 0.4) is 0 Å². The van der Waals surface area contributed by atoms with E-state index in [1.807, 2.05) is 20.8 Å². The molecule has 1 aromatic rings. The zero-order valence-corrected chi connectivity index (χ0v) is 25.6. The first-order chi connectivity index (χ1) is 20.2. The van der Waals surface area contributed by atoms with Crippen LogP contribution in [0, 0.1) is 29.1 Å². The third kappa shape index (κ3) is 5.27. The predicted molar refractivity (Wildman–Crippen MR) is 154 cm³/mol. The summed E-state index contributed by atoms with van der Waals surface area (Å²) >= 11 is 0. The minimum absolute atomic E-state index is 0.0543. The Hall–Kier alpha value is -3.90. The highest BCUT2D eigenvalue weighted by molar-refractivity contribution is 6.03. The van der Waals surface area contributed by atoms with Crippen molar-refractivity contribution in [3.63, 3.8) is 0 Å². The van der Waals surface area contributed by atoms with E-state index in [0.717, 1.165) is 12.8 Å². The number of hydrogen-bond donors (Lipinski definition) is 3. The Balaban J connectivity index is 1.52. The maximum Gasteiger partial charge on any atom is 0.407 e. The predicted octanol–water partition coefficient (Wildman–Crippen LogP) is 1.52. The van der Waals surface area contributed by atoms with E-state index in [4.69, 9.17) is 15.2 Å². The minimum atomic E-state index is -1.55. The zero-order valence-electron chi connectivity index (χ0n) is 25.6. The second kappa shape index (κ2) is 11.0. The number of aromatic nitrogens is 1. The molecule has 0 aromatic carbocycles. The van der Waals surface area contributed by atoms with E-state index in [-0.39, 0.29) is 36.5 Å². The van der Waals surface area contributed by atoms with Crippen molar-refractivity contribution in [2.24, 2.45) is 34.8 Å². The first-order valence-electron chi connectivity index (χ1n) is 14.9. The normalized spacial score (nSPS) is 32.3. The van der Waals surface area contributed by atoms with Crippen LogP contribution in [0.2, 0.25) is 0 Å². The van der Waals surface area contributed by atoms with E-state index in [1.165, 1.54) is 18.2 Å². The number of alkyl carbamates (subject to hydrolysis) is 1. The number of hydrogen-bond acceptors (Lipinski definition) is 8. The van der Waals surface area contributed by atoms with Crippen LogP contribution in [0.15, 0.2) is 18.3 Å². The molecule has 234 valence electrons. The molecule has 8 atom stereocenters. The summed E-state index contributed by atoms with van der Waals surface area (Å²) in [5.74, 6) is -1.28. The summed E-state index contributed by atoms with van der Waals surface area (Å²) in [5.41, 5.74) is 3.58. The first kappa shape index (κ1) is 30.6. The van der Waals surface area contributed by atoms with E-state index in [9.17, 15) is 24.0 Å². The second-order valence-corrected chi connectivity index (χ2v) is 13.6. The van der Waals surface area contributed by atoms with Crippen molar-refractivity contribution in [3.05, 3.63) is 18.3 Å². The summed E-state index contributed by atoms with van der Waals surface area (Å²) in [7, 11) is 1.23. The number of primary amides is 1. The van der Waals surface area contributed by atoms with E-state index >= 15 is 0 Å². The number of fused-ring (bicyclic) bond motifs is 2. The number of carbonyl (C=O) groups excluding carboxylic acids is 5. The zero-order chi connectivity index (χ0) is 31.4. The molecule has 4 heterocycles. The van der Waals surface area contributed by atoms with E-state index in [0.29, 0.717) is 18.2 Å². The summed E-state index contributed by atoms with van der Waals surface area (Å²) in [6, 6.07) is 0.292. The number of pyridine rings is 1. The van der Waals surface area contributed by atoms with Crippen molar-refractivity contribution in [1.29, 1.82) is 0 Å². The average Bonchev–Trinajstić information content (AvgIpc) is 3.53. The molecule has 0 radical (unpaired) electrons. The Kier molecular flexibility index (Phi) is 7.80. The van der Waals surface area contributed by atoms with Crippen molar-refractivity contribution in [2.75, 3.05) is 25.5 Å². The Morgan fingerprint density at radius 3 is 2.58 bits per heavy atom. The number of likely N-dealkylation sites (tertiary alicyclic amines) is 2. The molecule has 13 heteroatoms. The lowest BCUT2D eigenvalue weighted by Crippen LogP contribution is -2.60. The molecular weight excluding hydrogens is 556 g/mol. The largest absolute Gasteiger partial charge is 0.472 e. The van der Waals surface area contributed by atoms with Gasteiger partial charge in [-0.15, -0.1) is 0 Å². The van der Waals surface area contributed by atoms with Gasteiger partial charge in [-0.25, -0.2) is 9.78 Å². The van der Waals surface area contributed by atoms with Gasteiger partial charge in [-0.1, -0.05) is 41.0 Å². The number of nitrogens with zero attached hydrogens (tertiary/aromatic N) is 3. The molecule has 1 spiro atoms. The first-order valence-corrected chi connectivity index (χ1v) is 14.9. The van der Waals surface area contributed by atoms with Crippen molar-refractivity contribution < 1.29 is 33.4 Å². The van der Waals surface area contributed by atoms with Crippen LogP contribution in [0.4, 0.5) is 10.6 Å². The van der Waals surface area contributed by atoms with Gasteiger partial charge in [0.05, 0.1) is 13.7 Å². The molecule has 5 amide bonds. The molecule has 5 rings (SSSR count). The number of nitrogens with one attached hydrogen (secondary N) is 2. The number of carbonyl (C=O) groups is 5. The van der Waals surface area contributed by atoms with Gasteiger partial charge in [0.15, 0.2) is 11.6 Å². The van der Waals surface area contributed by atoms with Gasteiger partial charge in [-0.3, -0.25) is 19.2 Å². The summed E-state index contributed by atoms with van der Waals surface area (Å²) in [6.07, 6.45) is 2.44. The van der Waals surface area contributed by atoms with Gasteiger partial charge >= 0.3 is 6.09 Å². The summed E-state index contributed by atoms with van der Waals surface area (Å²) in [6.45, 7) is 9.85. The highest BCUT2D eigenvalue weighted by Gasteiger charge is 2.61.